The molecule has 18 heavy (non-hydrogen) atoms. The molecule has 0 fully saturated rings. The van der Waals surface area contributed by atoms with E-state index in [1.54, 1.807) is 17.4 Å². The van der Waals surface area contributed by atoms with Crippen LogP contribution in [0.15, 0.2) is 29.7 Å². The molecule has 2 rings (SSSR count). The lowest BCUT2D eigenvalue weighted by atomic mass is 10.4. The molecule has 94 valence electrons. The number of ether oxygens (including phenoxy) is 1. The standard InChI is InChI=1S/C13H13NO2S2/c1-3-4-7-16-13(15)11-9(2)14-12(18-11)10-6-5-8-17-10/h3-6,8H,7H2,1-2H3/b4-3+. The summed E-state index contributed by atoms with van der Waals surface area (Å²) in [5, 5.41) is 2.87. The number of thiazole rings is 1. The van der Waals surface area contributed by atoms with E-state index in [2.05, 4.69) is 4.98 Å². The second-order valence-electron chi connectivity index (χ2n) is 3.58. The molecule has 0 saturated heterocycles. The average molecular weight is 279 g/mol. The number of aryl methyl sites for hydroxylation is 1. The van der Waals surface area contributed by atoms with E-state index in [1.807, 2.05) is 37.4 Å². The molecular formula is C13H13NO2S2. The Bertz CT molecular complexity index is 556. The van der Waals surface area contributed by atoms with Crippen LogP contribution in [0.25, 0.3) is 9.88 Å². The van der Waals surface area contributed by atoms with Gasteiger partial charge in [-0.3, -0.25) is 0 Å². The molecule has 3 nitrogen and oxygen atoms in total. The monoisotopic (exact) mass is 279 g/mol. The fourth-order valence-electron chi connectivity index (χ4n) is 1.38. The van der Waals surface area contributed by atoms with Crippen molar-refractivity contribution in [3.63, 3.8) is 0 Å². The number of nitrogens with zero attached hydrogens (tertiary/aromatic N) is 1. The quantitative estimate of drug-likeness (QED) is 0.629. The number of rotatable bonds is 4. The molecule has 0 spiro atoms. The van der Waals surface area contributed by atoms with E-state index < -0.39 is 0 Å². The summed E-state index contributed by atoms with van der Waals surface area (Å²) in [6.45, 7) is 4.03. The van der Waals surface area contributed by atoms with Crippen molar-refractivity contribution in [1.82, 2.24) is 4.98 Å². The van der Waals surface area contributed by atoms with Crippen molar-refractivity contribution in [2.75, 3.05) is 6.61 Å². The summed E-state index contributed by atoms with van der Waals surface area (Å²) in [6, 6.07) is 3.97. The highest BCUT2D eigenvalue weighted by atomic mass is 32.1. The largest absolute Gasteiger partial charge is 0.457 e. The van der Waals surface area contributed by atoms with Gasteiger partial charge in [0, 0.05) is 0 Å². The molecule has 0 saturated carbocycles. The van der Waals surface area contributed by atoms with Crippen LogP contribution in [0.1, 0.15) is 22.3 Å². The fraction of sp³-hybridized carbons (Fsp3) is 0.231. The number of esters is 1. The van der Waals surface area contributed by atoms with Crippen LogP contribution in [0.3, 0.4) is 0 Å². The number of carbonyl (C=O) groups is 1. The van der Waals surface area contributed by atoms with Crippen LogP contribution in [0.4, 0.5) is 0 Å². The SMILES string of the molecule is C/C=C/COC(=O)c1sc(-c2cccs2)nc1C. The van der Waals surface area contributed by atoms with E-state index in [4.69, 9.17) is 4.74 Å². The van der Waals surface area contributed by atoms with Gasteiger partial charge in [0.05, 0.1) is 10.6 Å². The van der Waals surface area contributed by atoms with Crippen molar-refractivity contribution in [3.8, 4) is 9.88 Å². The maximum absolute atomic E-state index is 11.8. The van der Waals surface area contributed by atoms with E-state index >= 15 is 0 Å². The minimum atomic E-state index is -0.300. The molecule has 0 N–H and O–H groups in total. The Morgan fingerprint density at radius 3 is 3.06 bits per heavy atom. The first-order chi connectivity index (χ1) is 8.72. The predicted octanol–water partition coefficient (Wildman–Crippen LogP) is 3.91. The number of thiophene rings is 1. The summed E-state index contributed by atoms with van der Waals surface area (Å²) in [7, 11) is 0. The lowest BCUT2D eigenvalue weighted by molar-refractivity contribution is 0.0554. The Morgan fingerprint density at radius 1 is 1.56 bits per heavy atom. The molecule has 0 atom stereocenters. The van der Waals surface area contributed by atoms with Crippen molar-refractivity contribution in [1.29, 1.82) is 0 Å². The van der Waals surface area contributed by atoms with Gasteiger partial charge in [-0.15, -0.1) is 22.7 Å². The van der Waals surface area contributed by atoms with Gasteiger partial charge in [0.1, 0.15) is 16.5 Å². The van der Waals surface area contributed by atoms with Crippen LogP contribution in [0.2, 0.25) is 0 Å². The zero-order valence-corrected chi connectivity index (χ0v) is 11.8. The van der Waals surface area contributed by atoms with Crippen molar-refractivity contribution < 1.29 is 9.53 Å². The molecule has 0 radical (unpaired) electrons. The molecule has 0 aliphatic carbocycles. The first-order valence-electron chi connectivity index (χ1n) is 5.52. The van der Waals surface area contributed by atoms with Crippen molar-refractivity contribution in [2.45, 2.75) is 13.8 Å². The Hall–Kier alpha value is -1.46. The number of aromatic nitrogens is 1. The highest BCUT2D eigenvalue weighted by molar-refractivity contribution is 7.22. The van der Waals surface area contributed by atoms with Crippen LogP contribution in [-0.4, -0.2) is 17.6 Å². The molecular weight excluding hydrogens is 266 g/mol. The van der Waals surface area contributed by atoms with Crippen LogP contribution >= 0.6 is 22.7 Å². The number of hydrogen-bond donors (Lipinski definition) is 0. The summed E-state index contributed by atoms with van der Waals surface area (Å²) >= 11 is 3.00. The Kier molecular flexibility index (Phi) is 4.28. The third kappa shape index (κ3) is 2.86. The van der Waals surface area contributed by atoms with Crippen LogP contribution < -0.4 is 0 Å². The number of carbonyl (C=O) groups excluding carboxylic acids is 1. The molecule has 0 aromatic carbocycles. The van der Waals surface area contributed by atoms with Crippen molar-refractivity contribution in [3.05, 3.63) is 40.2 Å². The van der Waals surface area contributed by atoms with Crippen LogP contribution in [0, 0.1) is 6.92 Å². The number of hydrogen-bond acceptors (Lipinski definition) is 5. The second-order valence-corrected chi connectivity index (χ2v) is 5.53. The summed E-state index contributed by atoms with van der Waals surface area (Å²) in [6.07, 6.45) is 3.65. The third-order valence-corrected chi connectivity index (χ3v) is 4.44. The molecule has 5 heteroatoms. The first-order valence-corrected chi connectivity index (χ1v) is 7.21. The van der Waals surface area contributed by atoms with Gasteiger partial charge in [0.2, 0.25) is 0 Å². The highest BCUT2D eigenvalue weighted by Gasteiger charge is 2.17. The van der Waals surface area contributed by atoms with Crippen LogP contribution in [0.5, 0.6) is 0 Å². The summed E-state index contributed by atoms with van der Waals surface area (Å²) in [4.78, 5) is 17.9. The molecule has 0 amide bonds. The Labute approximate surface area is 114 Å². The van der Waals surface area contributed by atoms with E-state index in [0.717, 1.165) is 15.6 Å². The highest BCUT2D eigenvalue weighted by Crippen LogP contribution is 2.31. The molecule has 0 aliphatic rings. The van der Waals surface area contributed by atoms with E-state index in [-0.39, 0.29) is 5.97 Å². The molecule has 0 unspecified atom stereocenters. The first kappa shape index (κ1) is 13.0. The summed E-state index contributed by atoms with van der Waals surface area (Å²) in [5.74, 6) is -0.300. The Balaban J connectivity index is 2.16. The topological polar surface area (TPSA) is 39.2 Å². The lowest BCUT2D eigenvalue weighted by Crippen LogP contribution is -2.04. The van der Waals surface area contributed by atoms with Crippen LogP contribution in [-0.2, 0) is 4.74 Å². The van der Waals surface area contributed by atoms with Gasteiger partial charge in [0.15, 0.2) is 0 Å². The summed E-state index contributed by atoms with van der Waals surface area (Å²) in [5.41, 5.74) is 0.730. The van der Waals surface area contributed by atoms with E-state index in [1.165, 1.54) is 11.3 Å². The third-order valence-electron chi connectivity index (χ3n) is 2.26. The minimum Gasteiger partial charge on any atom is -0.457 e. The second kappa shape index (κ2) is 5.93. The smallest absolute Gasteiger partial charge is 0.350 e. The molecule has 0 aliphatic heterocycles. The molecule has 2 aromatic heterocycles. The van der Waals surface area contributed by atoms with Gasteiger partial charge in [-0.1, -0.05) is 18.2 Å². The van der Waals surface area contributed by atoms with Crippen molar-refractivity contribution in [2.24, 2.45) is 0 Å². The van der Waals surface area contributed by atoms with Gasteiger partial charge >= 0.3 is 5.97 Å². The molecule has 2 heterocycles. The fourth-order valence-corrected chi connectivity index (χ4v) is 3.13. The number of allylic oxidation sites excluding steroid dienone is 1. The van der Waals surface area contributed by atoms with Gasteiger partial charge < -0.3 is 4.74 Å². The predicted molar refractivity (Wildman–Crippen MR) is 75.3 cm³/mol. The zero-order valence-electron chi connectivity index (χ0n) is 10.2. The van der Waals surface area contributed by atoms with Crippen molar-refractivity contribution >= 4 is 28.6 Å². The maximum Gasteiger partial charge on any atom is 0.350 e. The lowest BCUT2D eigenvalue weighted by Gasteiger charge is -1.98. The van der Waals surface area contributed by atoms with Gasteiger partial charge in [-0.25, -0.2) is 9.78 Å². The van der Waals surface area contributed by atoms with Gasteiger partial charge in [-0.05, 0) is 25.3 Å². The normalized spacial score (nSPS) is 11.0. The summed E-state index contributed by atoms with van der Waals surface area (Å²) < 4.78 is 5.13. The molecule has 2 aromatic rings. The van der Waals surface area contributed by atoms with Gasteiger partial charge in [-0.2, -0.15) is 0 Å². The van der Waals surface area contributed by atoms with Gasteiger partial charge in [0.25, 0.3) is 0 Å². The average Bonchev–Trinajstić information content (AvgIpc) is 2.97. The zero-order chi connectivity index (χ0) is 13.0. The maximum atomic E-state index is 11.8. The Morgan fingerprint density at radius 2 is 2.39 bits per heavy atom. The molecule has 0 bridgehead atoms. The minimum absolute atomic E-state index is 0.300. The van der Waals surface area contributed by atoms with E-state index in [9.17, 15) is 4.79 Å². The van der Waals surface area contributed by atoms with E-state index in [0.29, 0.717) is 11.5 Å².